The van der Waals surface area contributed by atoms with Gasteiger partial charge in [-0.05, 0) is 19.8 Å². The van der Waals surface area contributed by atoms with Gasteiger partial charge in [0.2, 0.25) is 5.89 Å². The fourth-order valence-corrected chi connectivity index (χ4v) is 3.66. The van der Waals surface area contributed by atoms with Gasteiger partial charge in [-0.2, -0.15) is 4.98 Å². The molecule has 3 heterocycles. The van der Waals surface area contributed by atoms with Gasteiger partial charge in [-0.1, -0.05) is 54.5 Å². The maximum Gasteiger partial charge on any atom is 0.312 e. The van der Waals surface area contributed by atoms with Crippen LogP contribution in [0.1, 0.15) is 61.6 Å². The molecule has 1 atom stereocenters. The fourth-order valence-electron chi connectivity index (χ4n) is 3.66. The minimum atomic E-state index is -0.692. The predicted octanol–water partition coefficient (Wildman–Crippen LogP) is 3.14. The minimum Gasteiger partial charge on any atom is -0.356 e. The van der Waals surface area contributed by atoms with E-state index in [0.717, 1.165) is 17.5 Å². The van der Waals surface area contributed by atoms with Crippen LogP contribution in [0.3, 0.4) is 0 Å². The lowest BCUT2D eigenvalue weighted by Gasteiger charge is -2.21. The van der Waals surface area contributed by atoms with Crippen LogP contribution in [-0.2, 0) is 16.1 Å². The van der Waals surface area contributed by atoms with Gasteiger partial charge in [0.25, 0.3) is 0 Å². The molecule has 0 bridgehead atoms. The van der Waals surface area contributed by atoms with Crippen molar-refractivity contribution in [2.24, 2.45) is 0 Å². The normalized spacial score (nSPS) is 16.1. The van der Waals surface area contributed by atoms with E-state index in [2.05, 4.69) is 20.6 Å². The van der Waals surface area contributed by atoms with Gasteiger partial charge in [0.1, 0.15) is 5.69 Å². The monoisotopic (exact) mass is 423 g/mol. The van der Waals surface area contributed by atoms with Crippen LogP contribution in [0, 0.1) is 6.92 Å². The topological polar surface area (TPSA) is 114 Å². The number of nitrogens with zero attached hydrogens (tertiary/aromatic N) is 4. The molecule has 0 aliphatic carbocycles. The number of carbonyl (C=O) groups is 2. The Kier molecular flexibility index (Phi) is 5.83. The zero-order valence-corrected chi connectivity index (χ0v) is 17.8. The summed E-state index contributed by atoms with van der Waals surface area (Å²) in [6.45, 7) is 6.37. The molecule has 2 aromatic heterocycles. The minimum absolute atomic E-state index is 0.0987. The number of rotatable bonds is 5. The average molecular weight is 423 g/mol. The van der Waals surface area contributed by atoms with E-state index in [9.17, 15) is 9.59 Å². The zero-order chi connectivity index (χ0) is 22.0. The first kappa shape index (κ1) is 20.8. The molecule has 0 spiro atoms. The van der Waals surface area contributed by atoms with Crippen molar-refractivity contribution in [3.8, 4) is 11.3 Å². The van der Waals surface area contributed by atoms with Crippen LogP contribution >= 0.6 is 0 Å². The molecule has 1 saturated heterocycles. The van der Waals surface area contributed by atoms with Crippen LogP contribution in [-0.4, -0.2) is 38.6 Å². The second-order valence-corrected chi connectivity index (χ2v) is 7.93. The first-order valence-electron chi connectivity index (χ1n) is 10.4. The molecule has 1 fully saturated rings. The Morgan fingerprint density at radius 1 is 1.19 bits per heavy atom. The number of amides is 2. The lowest BCUT2D eigenvalue weighted by molar-refractivity contribution is -0.146. The summed E-state index contributed by atoms with van der Waals surface area (Å²) in [4.78, 5) is 31.2. The molecule has 0 saturated carbocycles. The van der Waals surface area contributed by atoms with Gasteiger partial charge in [-0.15, -0.1) is 0 Å². The highest BCUT2D eigenvalue weighted by Gasteiger charge is 2.36. The van der Waals surface area contributed by atoms with E-state index in [0.29, 0.717) is 36.1 Å². The van der Waals surface area contributed by atoms with Crippen molar-refractivity contribution >= 4 is 11.8 Å². The third-order valence-corrected chi connectivity index (χ3v) is 5.43. The van der Waals surface area contributed by atoms with Crippen molar-refractivity contribution in [1.82, 2.24) is 25.5 Å². The Bertz CT molecular complexity index is 1070. The van der Waals surface area contributed by atoms with Crippen LogP contribution in [0.25, 0.3) is 11.3 Å². The molecule has 1 unspecified atom stereocenters. The van der Waals surface area contributed by atoms with Crippen molar-refractivity contribution < 1.29 is 18.6 Å². The lowest BCUT2D eigenvalue weighted by Crippen LogP contribution is -2.42. The first-order valence-corrected chi connectivity index (χ1v) is 10.4. The lowest BCUT2D eigenvalue weighted by atomic mass is 10.1. The Morgan fingerprint density at radius 3 is 2.68 bits per heavy atom. The highest BCUT2D eigenvalue weighted by Crippen LogP contribution is 2.31. The Hall–Kier alpha value is -3.49. The van der Waals surface area contributed by atoms with Gasteiger partial charge in [-0.25, -0.2) is 0 Å². The molecule has 1 aliphatic rings. The number of hydrogen-bond acceptors (Lipinski definition) is 7. The molecule has 162 valence electrons. The summed E-state index contributed by atoms with van der Waals surface area (Å²) < 4.78 is 10.7. The summed E-state index contributed by atoms with van der Waals surface area (Å²) in [6.07, 6.45) is 1.47. The van der Waals surface area contributed by atoms with E-state index >= 15 is 0 Å². The second-order valence-electron chi connectivity index (χ2n) is 7.93. The van der Waals surface area contributed by atoms with Crippen LogP contribution < -0.4 is 5.32 Å². The van der Waals surface area contributed by atoms with Crippen molar-refractivity contribution in [2.75, 3.05) is 6.54 Å². The number of aromatic nitrogens is 3. The largest absolute Gasteiger partial charge is 0.356 e. The first-order chi connectivity index (χ1) is 15.0. The molecule has 1 aromatic carbocycles. The van der Waals surface area contributed by atoms with Crippen LogP contribution in [0.15, 0.2) is 39.4 Å². The van der Waals surface area contributed by atoms with Gasteiger partial charge in [0.05, 0.1) is 12.6 Å². The molecule has 31 heavy (non-hydrogen) atoms. The zero-order valence-electron chi connectivity index (χ0n) is 17.8. The Balaban J connectivity index is 1.41. The number of likely N-dealkylation sites (tertiary alicyclic amines) is 1. The van der Waals surface area contributed by atoms with Gasteiger partial charge in [0, 0.05) is 23.6 Å². The predicted molar refractivity (Wildman–Crippen MR) is 111 cm³/mol. The number of nitrogens with one attached hydrogen (secondary N) is 1. The molecular weight excluding hydrogens is 398 g/mol. The van der Waals surface area contributed by atoms with E-state index < -0.39 is 11.8 Å². The molecule has 0 radical (unpaired) electrons. The SMILES string of the molecule is Cc1c(CNC(=O)C(=O)N2CCCC2c2noc(C(C)C)n2)noc1-c1ccccc1. The van der Waals surface area contributed by atoms with Gasteiger partial charge >= 0.3 is 11.8 Å². The number of hydrogen-bond donors (Lipinski definition) is 1. The second kappa shape index (κ2) is 8.71. The molecule has 3 aromatic rings. The Labute approximate surface area is 179 Å². The number of benzene rings is 1. The summed E-state index contributed by atoms with van der Waals surface area (Å²) in [5.74, 6) is 0.415. The van der Waals surface area contributed by atoms with Crippen LogP contribution in [0.4, 0.5) is 0 Å². The average Bonchev–Trinajstić information content (AvgIpc) is 3.51. The summed E-state index contributed by atoms with van der Waals surface area (Å²) in [5.41, 5.74) is 2.31. The van der Waals surface area contributed by atoms with E-state index in [1.54, 1.807) is 0 Å². The molecule has 1 N–H and O–H groups in total. The van der Waals surface area contributed by atoms with Crippen molar-refractivity contribution in [3.05, 3.63) is 53.3 Å². The third kappa shape index (κ3) is 4.21. The van der Waals surface area contributed by atoms with E-state index in [-0.39, 0.29) is 18.5 Å². The highest BCUT2D eigenvalue weighted by atomic mass is 16.5. The summed E-state index contributed by atoms with van der Waals surface area (Å²) in [7, 11) is 0. The molecular formula is C22H25N5O4. The number of carbonyl (C=O) groups excluding carboxylic acids is 2. The van der Waals surface area contributed by atoms with Crippen LogP contribution in [0.5, 0.6) is 0 Å². The van der Waals surface area contributed by atoms with Crippen molar-refractivity contribution in [3.63, 3.8) is 0 Å². The molecule has 9 nitrogen and oxygen atoms in total. The summed E-state index contributed by atoms with van der Waals surface area (Å²) in [6, 6.07) is 9.25. The fraction of sp³-hybridized carbons (Fsp3) is 0.409. The molecule has 9 heteroatoms. The third-order valence-electron chi connectivity index (χ3n) is 5.43. The van der Waals surface area contributed by atoms with E-state index in [1.165, 1.54) is 4.90 Å². The van der Waals surface area contributed by atoms with E-state index in [1.807, 2.05) is 51.1 Å². The molecule has 1 aliphatic heterocycles. The molecule has 4 rings (SSSR count). The quantitative estimate of drug-likeness (QED) is 0.627. The maximum absolute atomic E-state index is 12.8. The van der Waals surface area contributed by atoms with Crippen molar-refractivity contribution in [1.29, 1.82) is 0 Å². The summed E-state index contributed by atoms with van der Waals surface area (Å²) in [5, 5.41) is 10.7. The highest BCUT2D eigenvalue weighted by molar-refractivity contribution is 6.35. The van der Waals surface area contributed by atoms with E-state index in [4.69, 9.17) is 9.05 Å². The van der Waals surface area contributed by atoms with Gasteiger partial charge in [-0.3, -0.25) is 9.59 Å². The smallest absolute Gasteiger partial charge is 0.312 e. The molecule has 2 amide bonds. The van der Waals surface area contributed by atoms with Gasteiger partial charge in [0.15, 0.2) is 11.6 Å². The maximum atomic E-state index is 12.8. The Morgan fingerprint density at radius 2 is 1.97 bits per heavy atom. The van der Waals surface area contributed by atoms with Crippen LogP contribution in [0.2, 0.25) is 0 Å². The summed E-state index contributed by atoms with van der Waals surface area (Å²) >= 11 is 0. The van der Waals surface area contributed by atoms with Gasteiger partial charge < -0.3 is 19.3 Å². The standard InChI is InChI=1S/C22H25N5O4/c1-13(2)21-24-19(26-31-21)17-10-7-11-27(17)22(29)20(28)23-12-16-14(3)18(30-25-16)15-8-5-4-6-9-15/h4-6,8-9,13,17H,7,10-12H2,1-3H3,(H,23,28). The van der Waals surface area contributed by atoms with Crippen molar-refractivity contribution in [2.45, 2.75) is 52.1 Å².